The maximum Gasteiger partial charge on any atom is 0.147 e. The van der Waals surface area contributed by atoms with Crippen molar-refractivity contribution in [2.75, 3.05) is 30.4 Å². The number of anilines is 1. The molecule has 0 spiro atoms. The van der Waals surface area contributed by atoms with E-state index in [0.29, 0.717) is 29.0 Å². The number of fused-ring (bicyclic) bond motifs is 1. The molecule has 5 rings (SSSR count). The third kappa shape index (κ3) is 3.90. The van der Waals surface area contributed by atoms with Gasteiger partial charge < -0.3 is 16.0 Å². The van der Waals surface area contributed by atoms with Crippen LogP contribution in [0.15, 0.2) is 41.6 Å². The molecular weight excluding hydrogens is 399 g/mol. The summed E-state index contributed by atoms with van der Waals surface area (Å²) in [6.45, 7) is 2.36. The second kappa shape index (κ2) is 8.29. The van der Waals surface area contributed by atoms with Gasteiger partial charge in [0.15, 0.2) is 0 Å². The van der Waals surface area contributed by atoms with E-state index in [1.54, 1.807) is 17.8 Å². The number of benzene rings is 1. The van der Waals surface area contributed by atoms with E-state index in [2.05, 4.69) is 21.4 Å². The van der Waals surface area contributed by atoms with Gasteiger partial charge in [-0.25, -0.2) is 19.3 Å². The van der Waals surface area contributed by atoms with Gasteiger partial charge in [0.2, 0.25) is 0 Å². The molecule has 8 heteroatoms. The Labute approximate surface area is 178 Å². The molecule has 0 bridgehead atoms. The Hall–Kier alpha value is -2.55. The highest BCUT2D eigenvalue weighted by atomic mass is 32.2. The summed E-state index contributed by atoms with van der Waals surface area (Å²) in [6.07, 6.45) is 5.55. The minimum Gasteiger partial charge on any atom is -0.368 e. The van der Waals surface area contributed by atoms with Crippen molar-refractivity contribution in [2.45, 2.75) is 18.9 Å². The second-order valence-electron chi connectivity index (χ2n) is 7.67. The van der Waals surface area contributed by atoms with Crippen molar-refractivity contribution in [3.05, 3.63) is 53.1 Å². The first-order valence-electron chi connectivity index (χ1n) is 10.1. The number of pyridine rings is 1. The molecule has 1 atom stereocenters. The molecule has 2 aromatic heterocycles. The number of hydrogen-bond acceptors (Lipinski definition) is 7. The van der Waals surface area contributed by atoms with E-state index < -0.39 is 0 Å². The van der Waals surface area contributed by atoms with Gasteiger partial charge in [-0.05, 0) is 43.2 Å². The van der Waals surface area contributed by atoms with Crippen LogP contribution in [0.25, 0.3) is 28.4 Å². The molecule has 1 aromatic carbocycles. The highest BCUT2D eigenvalue weighted by molar-refractivity contribution is 8.03. The molecule has 2 fully saturated rings. The van der Waals surface area contributed by atoms with Crippen LogP contribution in [-0.2, 0) is 0 Å². The summed E-state index contributed by atoms with van der Waals surface area (Å²) in [5.74, 6) is 0.654. The minimum absolute atomic E-state index is 0.0913. The maximum atomic E-state index is 15.0. The van der Waals surface area contributed by atoms with Crippen molar-refractivity contribution >= 4 is 34.6 Å². The van der Waals surface area contributed by atoms with E-state index in [1.807, 2.05) is 29.2 Å². The highest BCUT2D eigenvalue weighted by Gasteiger charge is 2.20. The zero-order valence-electron chi connectivity index (χ0n) is 16.5. The van der Waals surface area contributed by atoms with Gasteiger partial charge in [0, 0.05) is 42.0 Å². The fraction of sp³-hybridized carbons (Fsp3) is 0.318. The first-order valence-corrected chi connectivity index (χ1v) is 11.1. The molecular formula is C22H23FN6S. The molecule has 4 heterocycles. The average molecular weight is 423 g/mol. The van der Waals surface area contributed by atoms with Gasteiger partial charge in [0.25, 0.3) is 0 Å². The van der Waals surface area contributed by atoms with Crippen molar-refractivity contribution in [3.63, 3.8) is 0 Å². The number of nitrogens with one attached hydrogen (secondary N) is 1. The maximum absolute atomic E-state index is 15.0. The Balaban J connectivity index is 1.52. The topological polar surface area (TPSA) is 80.0 Å². The molecule has 2 aliphatic heterocycles. The predicted molar refractivity (Wildman–Crippen MR) is 121 cm³/mol. The van der Waals surface area contributed by atoms with Gasteiger partial charge in [-0.2, -0.15) is 0 Å². The zero-order chi connectivity index (χ0) is 20.5. The van der Waals surface area contributed by atoms with Gasteiger partial charge in [-0.3, -0.25) is 0 Å². The molecule has 3 aromatic rings. The summed E-state index contributed by atoms with van der Waals surface area (Å²) >= 11 is 1.78. The van der Waals surface area contributed by atoms with Crippen molar-refractivity contribution in [1.29, 1.82) is 0 Å². The van der Waals surface area contributed by atoms with E-state index in [1.165, 1.54) is 11.2 Å². The quantitative estimate of drug-likeness (QED) is 0.670. The summed E-state index contributed by atoms with van der Waals surface area (Å²) in [7, 11) is 0. The molecule has 0 unspecified atom stereocenters. The molecule has 3 N–H and O–H groups in total. The largest absolute Gasteiger partial charge is 0.368 e. The monoisotopic (exact) mass is 422 g/mol. The molecule has 2 saturated heterocycles. The van der Waals surface area contributed by atoms with Crippen LogP contribution in [0.5, 0.6) is 0 Å². The number of nitrogens with zero attached hydrogens (tertiary/aromatic N) is 4. The Morgan fingerprint density at radius 2 is 2.17 bits per heavy atom. The molecule has 0 radical (unpaired) electrons. The van der Waals surface area contributed by atoms with E-state index in [9.17, 15) is 0 Å². The lowest BCUT2D eigenvalue weighted by Gasteiger charge is -2.32. The van der Waals surface area contributed by atoms with Crippen LogP contribution in [0, 0.1) is 5.82 Å². The van der Waals surface area contributed by atoms with Crippen LogP contribution in [0.2, 0.25) is 0 Å². The molecule has 0 saturated carbocycles. The number of piperidine rings is 1. The number of halogens is 1. The average Bonchev–Trinajstić information content (AvgIpc) is 3.26. The van der Waals surface area contributed by atoms with Crippen molar-refractivity contribution in [3.8, 4) is 11.3 Å². The van der Waals surface area contributed by atoms with E-state index in [-0.39, 0.29) is 11.9 Å². The first-order chi connectivity index (χ1) is 14.7. The molecule has 154 valence electrons. The Kier molecular flexibility index (Phi) is 5.37. The van der Waals surface area contributed by atoms with Gasteiger partial charge in [0.1, 0.15) is 23.4 Å². The van der Waals surface area contributed by atoms with Gasteiger partial charge in [0.05, 0.1) is 16.9 Å². The minimum atomic E-state index is -0.264. The Morgan fingerprint density at radius 1 is 1.23 bits per heavy atom. The van der Waals surface area contributed by atoms with Crippen LogP contribution < -0.4 is 16.0 Å². The number of hydrogen-bond donors (Lipinski definition) is 2. The molecule has 6 nitrogen and oxygen atoms in total. The van der Waals surface area contributed by atoms with Gasteiger partial charge in [-0.1, -0.05) is 6.07 Å². The summed E-state index contributed by atoms with van der Waals surface area (Å²) in [5.41, 5.74) is 10.3. The number of thioether (sulfide) groups is 1. The zero-order valence-corrected chi connectivity index (χ0v) is 17.3. The first kappa shape index (κ1) is 19.4. The standard InChI is InChI=1S/C22H23FN6S/c23-18-8-14(3-6-20(18)29-7-1-2-15(24)11-29)21-22-19(26-12-27-21)5-4-16(28-22)9-17-10-25-13-30-17/h3-6,8-9,12,15,25H,1-2,7,10-11,13,24H2/b17-9-/t15-/m0/s1. The fourth-order valence-electron chi connectivity index (χ4n) is 4.01. The van der Waals surface area contributed by atoms with Crippen molar-refractivity contribution < 1.29 is 4.39 Å². The highest BCUT2D eigenvalue weighted by Crippen LogP contribution is 2.30. The molecule has 0 aliphatic carbocycles. The predicted octanol–water partition coefficient (Wildman–Crippen LogP) is 3.39. The lowest BCUT2D eigenvalue weighted by Crippen LogP contribution is -2.43. The molecule has 30 heavy (non-hydrogen) atoms. The van der Waals surface area contributed by atoms with Crippen LogP contribution in [-0.4, -0.2) is 46.5 Å². The van der Waals surface area contributed by atoms with Crippen LogP contribution in [0.4, 0.5) is 10.1 Å². The fourth-order valence-corrected chi connectivity index (χ4v) is 4.81. The summed E-state index contributed by atoms with van der Waals surface area (Å²) < 4.78 is 15.0. The molecule has 0 amide bonds. The van der Waals surface area contributed by atoms with E-state index in [0.717, 1.165) is 43.0 Å². The van der Waals surface area contributed by atoms with Crippen LogP contribution >= 0.6 is 11.8 Å². The van der Waals surface area contributed by atoms with Crippen LogP contribution in [0.3, 0.4) is 0 Å². The van der Waals surface area contributed by atoms with E-state index >= 15 is 4.39 Å². The Bertz CT molecular complexity index is 1110. The lowest BCUT2D eigenvalue weighted by atomic mass is 10.0. The van der Waals surface area contributed by atoms with Crippen molar-refractivity contribution in [2.24, 2.45) is 5.73 Å². The number of aromatic nitrogens is 3. The van der Waals surface area contributed by atoms with Gasteiger partial charge >= 0.3 is 0 Å². The van der Waals surface area contributed by atoms with Crippen LogP contribution in [0.1, 0.15) is 18.5 Å². The number of nitrogens with two attached hydrogens (primary N) is 1. The second-order valence-corrected chi connectivity index (χ2v) is 8.77. The number of rotatable bonds is 3. The van der Waals surface area contributed by atoms with Gasteiger partial charge in [-0.15, -0.1) is 11.8 Å². The Morgan fingerprint density at radius 3 is 2.97 bits per heavy atom. The van der Waals surface area contributed by atoms with E-state index in [4.69, 9.17) is 10.7 Å². The normalized spacial score (nSPS) is 20.9. The molecule has 2 aliphatic rings. The third-order valence-corrected chi connectivity index (χ3v) is 6.47. The lowest BCUT2D eigenvalue weighted by molar-refractivity contribution is 0.498. The SMILES string of the molecule is N[C@H]1CCCN(c2ccc(-c3ncnc4ccc(/C=C5/CNCS5)nc34)cc2F)C1. The summed E-state index contributed by atoms with van der Waals surface area (Å²) in [5, 5.41) is 3.30. The summed E-state index contributed by atoms with van der Waals surface area (Å²) in [4.78, 5) is 16.8. The smallest absolute Gasteiger partial charge is 0.147 e. The summed E-state index contributed by atoms with van der Waals surface area (Å²) in [6, 6.07) is 9.25. The third-order valence-electron chi connectivity index (χ3n) is 5.49. The van der Waals surface area contributed by atoms with Crippen molar-refractivity contribution in [1.82, 2.24) is 20.3 Å².